The molecule has 1 fully saturated rings. The van der Waals surface area contributed by atoms with Gasteiger partial charge in [-0.25, -0.2) is 0 Å². The van der Waals surface area contributed by atoms with Crippen LogP contribution in [0.4, 0.5) is 0 Å². The Balaban J connectivity index is 1.68. The van der Waals surface area contributed by atoms with Crippen molar-refractivity contribution in [3.05, 3.63) is 53.5 Å². The van der Waals surface area contributed by atoms with Crippen LogP contribution in [0.1, 0.15) is 47.7 Å². The second kappa shape index (κ2) is 8.21. The minimum Gasteiger partial charge on any atom is -0.494 e. The van der Waals surface area contributed by atoms with Gasteiger partial charge in [-0.3, -0.25) is 9.69 Å². The van der Waals surface area contributed by atoms with E-state index in [1.165, 1.54) is 12.8 Å². The number of amides is 1. The van der Waals surface area contributed by atoms with E-state index in [4.69, 9.17) is 9.15 Å². The zero-order valence-electron chi connectivity index (χ0n) is 15.0. The molecule has 1 saturated heterocycles. The molecule has 0 spiro atoms. The van der Waals surface area contributed by atoms with E-state index in [9.17, 15) is 4.79 Å². The Kier molecular flexibility index (Phi) is 5.76. The highest BCUT2D eigenvalue weighted by Gasteiger charge is 2.26. The van der Waals surface area contributed by atoms with Gasteiger partial charge in [-0.05, 0) is 70.1 Å². The summed E-state index contributed by atoms with van der Waals surface area (Å²) in [6, 6.07) is 11.4. The average molecular weight is 342 g/mol. The largest absolute Gasteiger partial charge is 0.494 e. The summed E-state index contributed by atoms with van der Waals surface area (Å²) in [4.78, 5) is 14.9. The van der Waals surface area contributed by atoms with Crippen LogP contribution in [0, 0.1) is 6.92 Å². The number of furan rings is 1. The molecule has 3 rings (SSSR count). The zero-order chi connectivity index (χ0) is 17.6. The van der Waals surface area contributed by atoms with E-state index in [-0.39, 0.29) is 11.9 Å². The molecule has 1 aliphatic heterocycles. The van der Waals surface area contributed by atoms with Gasteiger partial charge in [0.05, 0.1) is 12.6 Å². The van der Waals surface area contributed by atoms with E-state index in [2.05, 4.69) is 10.2 Å². The number of aryl methyl sites for hydroxylation is 1. The van der Waals surface area contributed by atoms with Gasteiger partial charge in [0.25, 0.3) is 5.91 Å². The number of likely N-dealkylation sites (tertiary alicyclic amines) is 1. The van der Waals surface area contributed by atoms with Gasteiger partial charge in [0.1, 0.15) is 17.3 Å². The second-order valence-electron chi connectivity index (χ2n) is 6.38. The lowest BCUT2D eigenvalue weighted by Gasteiger charge is -2.26. The standard InChI is InChI=1S/C20H26N2O3/c1-3-24-17-8-6-7-16(13-17)20(23)21-14-18(22-11-4-5-12-22)19-10-9-15(2)25-19/h6-10,13,18H,3-5,11-12,14H2,1-2H3,(H,21,23)/t18-/m0/s1. The van der Waals surface area contributed by atoms with Crippen LogP contribution < -0.4 is 10.1 Å². The molecular formula is C20H26N2O3. The Bertz CT molecular complexity index is 704. The molecule has 1 aliphatic rings. The fraction of sp³-hybridized carbons (Fsp3) is 0.450. The number of carbonyl (C=O) groups is 1. The first kappa shape index (κ1) is 17.5. The first-order valence-corrected chi connectivity index (χ1v) is 8.99. The smallest absolute Gasteiger partial charge is 0.251 e. The Hall–Kier alpha value is -2.27. The molecule has 1 aromatic heterocycles. The summed E-state index contributed by atoms with van der Waals surface area (Å²) in [5.41, 5.74) is 0.613. The Morgan fingerprint density at radius 2 is 2.08 bits per heavy atom. The van der Waals surface area contributed by atoms with Crippen molar-refractivity contribution in [1.29, 1.82) is 0 Å². The maximum Gasteiger partial charge on any atom is 0.251 e. The van der Waals surface area contributed by atoms with Gasteiger partial charge in [-0.1, -0.05) is 6.07 Å². The first-order chi connectivity index (χ1) is 12.2. The molecule has 1 amide bonds. The normalized spacial score (nSPS) is 15.9. The first-order valence-electron chi connectivity index (χ1n) is 8.99. The number of nitrogens with zero attached hydrogens (tertiary/aromatic N) is 1. The van der Waals surface area contributed by atoms with Gasteiger partial charge in [0.15, 0.2) is 0 Å². The van der Waals surface area contributed by atoms with E-state index >= 15 is 0 Å². The quantitative estimate of drug-likeness (QED) is 0.836. The summed E-state index contributed by atoms with van der Waals surface area (Å²) in [5, 5.41) is 3.06. The second-order valence-corrected chi connectivity index (χ2v) is 6.38. The molecule has 0 bridgehead atoms. The molecule has 25 heavy (non-hydrogen) atoms. The van der Waals surface area contributed by atoms with Gasteiger partial charge in [0, 0.05) is 12.1 Å². The highest BCUT2D eigenvalue weighted by Crippen LogP contribution is 2.26. The molecule has 1 atom stereocenters. The SMILES string of the molecule is CCOc1cccc(C(=O)NC[C@@H](c2ccc(C)o2)N2CCCC2)c1. The van der Waals surface area contributed by atoms with Crippen LogP contribution >= 0.6 is 0 Å². The summed E-state index contributed by atoms with van der Waals surface area (Å²) in [6.07, 6.45) is 2.39. The summed E-state index contributed by atoms with van der Waals surface area (Å²) in [6.45, 7) is 7.08. The van der Waals surface area contributed by atoms with E-state index in [1.54, 1.807) is 12.1 Å². The van der Waals surface area contributed by atoms with Gasteiger partial charge in [0.2, 0.25) is 0 Å². The molecule has 0 unspecified atom stereocenters. The molecule has 5 heteroatoms. The number of benzene rings is 1. The van der Waals surface area contributed by atoms with Crippen molar-refractivity contribution in [2.45, 2.75) is 32.7 Å². The highest BCUT2D eigenvalue weighted by molar-refractivity contribution is 5.94. The van der Waals surface area contributed by atoms with E-state index in [0.29, 0.717) is 24.5 Å². The lowest BCUT2D eigenvalue weighted by atomic mass is 10.1. The minimum absolute atomic E-state index is 0.0789. The number of nitrogens with one attached hydrogen (secondary N) is 1. The third-order valence-corrected chi connectivity index (χ3v) is 4.53. The average Bonchev–Trinajstić information content (AvgIpc) is 3.28. The topological polar surface area (TPSA) is 54.7 Å². The number of hydrogen-bond donors (Lipinski definition) is 1. The molecule has 1 N–H and O–H groups in total. The van der Waals surface area contributed by atoms with Crippen LogP contribution in [0.5, 0.6) is 5.75 Å². The maximum absolute atomic E-state index is 12.5. The van der Waals surface area contributed by atoms with Crippen molar-refractivity contribution in [1.82, 2.24) is 10.2 Å². The molecule has 2 heterocycles. The van der Waals surface area contributed by atoms with Crippen molar-refractivity contribution in [2.24, 2.45) is 0 Å². The maximum atomic E-state index is 12.5. The molecule has 5 nitrogen and oxygen atoms in total. The van der Waals surface area contributed by atoms with E-state index in [1.807, 2.05) is 38.1 Å². The van der Waals surface area contributed by atoms with Gasteiger partial charge in [-0.15, -0.1) is 0 Å². The fourth-order valence-electron chi connectivity index (χ4n) is 3.28. The summed E-state index contributed by atoms with van der Waals surface area (Å²) >= 11 is 0. The predicted molar refractivity (Wildman–Crippen MR) is 96.9 cm³/mol. The monoisotopic (exact) mass is 342 g/mol. The number of rotatable bonds is 7. The van der Waals surface area contributed by atoms with Gasteiger partial charge >= 0.3 is 0 Å². The third-order valence-electron chi connectivity index (χ3n) is 4.53. The van der Waals surface area contributed by atoms with Crippen LogP contribution in [0.3, 0.4) is 0 Å². The lowest BCUT2D eigenvalue weighted by Crippen LogP contribution is -2.36. The third kappa shape index (κ3) is 4.42. The molecule has 1 aromatic carbocycles. The summed E-state index contributed by atoms with van der Waals surface area (Å²) in [5.74, 6) is 2.44. The highest BCUT2D eigenvalue weighted by atomic mass is 16.5. The van der Waals surface area contributed by atoms with Crippen molar-refractivity contribution in [2.75, 3.05) is 26.2 Å². The predicted octanol–water partition coefficient (Wildman–Crippen LogP) is 3.55. The van der Waals surface area contributed by atoms with Crippen LogP contribution in [-0.4, -0.2) is 37.0 Å². The van der Waals surface area contributed by atoms with Gasteiger partial charge in [-0.2, -0.15) is 0 Å². The summed E-state index contributed by atoms with van der Waals surface area (Å²) < 4.78 is 11.3. The van der Waals surface area contributed by atoms with Crippen LogP contribution in [0.15, 0.2) is 40.8 Å². The van der Waals surface area contributed by atoms with E-state index in [0.717, 1.165) is 24.6 Å². The number of ether oxygens (including phenoxy) is 1. The van der Waals surface area contributed by atoms with Gasteiger partial charge < -0.3 is 14.5 Å². The number of hydrogen-bond acceptors (Lipinski definition) is 4. The van der Waals surface area contributed by atoms with Crippen molar-refractivity contribution < 1.29 is 13.9 Å². The Labute approximate surface area is 149 Å². The van der Waals surface area contributed by atoms with Crippen LogP contribution in [0.25, 0.3) is 0 Å². The lowest BCUT2D eigenvalue weighted by molar-refractivity contribution is 0.0933. The van der Waals surface area contributed by atoms with Crippen molar-refractivity contribution in [3.8, 4) is 5.75 Å². The van der Waals surface area contributed by atoms with Crippen molar-refractivity contribution in [3.63, 3.8) is 0 Å². The molecule has 134 valence electrons. The Morgan fingerprint density at radius 1 is 1.28 bits per heavy atom. The fourth-order valence-corrected chi connectivity index (χ4v) is 3.28. The zero-order valence-corrected chi connectivity index (χ0v) is 15.0. The molecule has 0 radical (unpaired) electrons. The van der Waals surface area contributed by atoms with Crippen molar-refractivity contribution >= 4 is 5.91 Å². The molecule has 0 aliphatic carbocycles. The van der Waals surface area contributed by atoms with E-state index < -0.39 is 0 Å². The summed E-state index contributed by atoms with van der Waals surface area (Å²) in [7, 11) is 0. The Morgan fingerprint density at radius 3 is 2.76 bits per heavy atom. The van der Waals surface area contributed by atoms with Crippen LogP contribution in [0.2, 0.25) is 0 Å². The van der Waals surface area contributed by atoms with Crippen LogP contribution in [-0.2, 0) is 0 Å². The molecule has 2 aromatic rings. The molecular weight excluding hydrogens is 316 g/mol. The number of carbonyl (C=O) groups excluding carboxylic acids is 1. The molecule has 0 saturated carbocycles. The minimum atomic E-state index is -0.0889.